The van der Waals surface area contributed by atoms with Crippen molar-refractivity contribution in [3.63, 3.8) is 0 Å². The minimum Gasteiger partial charge on any atom is -0.472 e. The van der Waals surface area contributed by atoms with E-state index < -0.39 is 11.4 Å². The normalized spacial score (nSPS) is 14.8. The van der Waals surface area contributed by atoms with Crippen LogP contribution in [-0.4, -0.2) is 5.11 Å². The molecule has 3 nitrogen and oxygen atoms in total. The molecule has 0 spiro atoms. The Kier molecular flexibility index (Phi) is 2.28. The summed E-state index contributed by atoms with van der Waals surface area (Å²) >= 11 is 0. The van der Waals surface area contributed by atoms with Gasteiger partial charge in [-0.3, -0.25) is 0 Å². The number of para-hydroxylation sites is 1. The van der Waals surface area contributed by atoms with Gasteiger partial charge in [0.05, 0.1) is 12.5 Å². The van der Waals surface area contributed by atoms with E-state index in [2.05, 4.69) is 0 Å². The zero-order valence-electron chi connectivity index (χ0n) is 9.68. The highest BCUT2D eigenvalue weighted by Gasteiger charge is 2.31. The molecule has 0 fully saturated rings. The van der Waals surface area contributed by atoms with Crippen LogP contribution in [0.2, 0.25) is 0 Å². The standard InChI is InChI=1S/C14H11FO3/c1-14(16,10-5-6-17-8-10)12-7-9-3-2-4-11(15)13(9)18-12/h2-8,16H,1H3. The van der Waals surface area contributed by atoms with E-state index in [1.165, 1.54) is 18.6 Å². The van der Waals surface area contributed by atoms with Crippen LogP contribution < -0.4 is 0 Å². The minimum atomic E-state index is -1.35. The molecule has 1 unspecified atom stereocenters. The molecule has 0 bridgehead atoms. The van der Waals surface area contributed by atoms with Crippen molar-refractivity contribution in [2.45, 2.75) is 12.5 Å². The second-order valence-electron chi connectivity index (χ2n) is 4.35. The predicted molar refractivity (Wildman–Crippen MR) is 63.6 cm³/mol. The molecular formula is C14H11FO3. The highest BCUT2D eigenvalue weighted by atomic mass is 19.1. The lowest BCUT2D eigenvalue weighted by Gasteiger charge is -2.18. The van der Waals surface area contributed by atoms with Gasteiger partial charge in [-0.25, -0.2) is 4.39 Å². The zero-order chi connectivity index (χ0) is 12.8. The highest BCUT2D eigenvalue weighted by molar-refractivity contribution is 5.78. The first-order valence-corrected chi connectivity index (χ1v) is 5.52. The number of hydrogen-bond donors (Lipinski definition) is 1. The van der Waals surface area contributed by atoms with Crippen LogP contribution in [0.25, 0.3) is 11.0 Å². The number of furan rings is 2. The van der Waals surface area contributed by atoms with E-state index in [0.717, 1.165) is 0 Å². The Balaban J connectivity index is 2.18. The molecule has 1 aromatic carbocycles. The Morgan fingerprint density at radius 2 is 2.11 bits per heavy atom. The van der Waals surface area contributed by atoms with Crippen LogP contribution in [0, 0.1) is 5.82 Å². The third-order valence-electron chi connectivity index (χ3n) is 3.06. The van der Waals surface area contributed by atoms with Gasteiger partial charge in [0.15, 0.2) is 11.4 Å². The molecule has 18 heavy (non-hydrogen) atoms. The summed E-state index contributed by atoms with van der Waals surface area (Å²) in [7, 11) is 0. The maximum Gasteiger partial charge on any atom is 0.170 e. The average molecular weight is 246 g/mol. The van der Waals surface area contributed by atoms with Gasteiger partial charge in [-0.15, -0.1) is 0 Å². The summed E-state index contributed by atoms with van der Waals surface area (Å²) in [5, 5.41) is 11.1. The van der Waals surface area contributed by atoms with Crippen molar-refractivity contribution in [1.82, 2.24) is 0 Å². The van der Waals surface area contributed by atoms with Gasteiger partial charge in [0.25, 0.3) is 0 Å². The van der Waals surface area contributed by atoms with E-state index in [-0.39, 0.29) is 11.3 Å². The minimum absolute atomic E-state index is 0.149. The number of fused-ring (bicyclic) bond motifs is 1. The second-order valence-corrected chi connectivity index (χ2v) is 4.35. The van der Waals surface area contributed by atoms with Gasteiger partial charge >= 0.3 is 0 Å². The van der Waals surface area contributed by atoms with Crippen LogP contribution >= 0.6 is 0 Å². The maximum absolute atomic E-state index is 13.5. The number of rotatable bonds is 2. The highest BCUT2D eigenvalue weighted by Crippen LogP contribution is 2.34. The average Bonchev–Trinajstić information content (AvgIpc) is 2.99. The Hall–Kier alpha value is -2.07. The van der Waals surface area contributed by atoms with Gasteiger partial charge in [-0.2, -0.15) is 0 Å². The van der Waals surface area contributed by atoms with E-state index in [9.17, 15) is 9.50 Å². The fourth-order valence-corrected chi connectivity index (χ4v) is 1.95. The molecule has 1 atom stereocenters. The molecule has 4 heteroatoms. The Bertz CT molecular complexity index is 680. The molecule has 0 radical (unpaired) electrons. The zero-order valence-corrected chi connectivity index (χ0v) is 9.68. The van der Waals surface area contributed by atoms with Crippen molar-refractivity contribution in [1.29, 1.82) is 0 Å². The van der Waals surface area contributed by atoms with Crippen molar-refractivity contribution >= 4 is 11.0 Å². The Labute approximate surface area is 102 Å². The molecule has 0 amide bonds. The van der Waals surface area contributed by atoms with E-state index in [1.54, 1.807) is 31.2 Å². The van der Waals surface area contributed by atoms with Crippen LogP contribution in [0.15, 0.2) is 51.7 Å². The SMILES string of the molecule is CC(O)(c1ccoc1)c1cc2cccc(F)c2o1. The molecule has 92 valence electrons. The van der Waals surface area contributed by atoms with Gasteiger partial charge in [0.1, 0.15) is 11.4 Å². The van der Waals surface area contributed by atoms with Crippen LogP contribution in [0.5, 0.6) is 0 Å². The summed E-state index contributed by atoms with van der Waals surface area (Å²) < 4.78 is 23.9. The summed E-state index contributed by atoms with van der Waals surface area (Å²) in [4.78, 5) is 0. The molecule has 1 N–H and O–H groups in total. The largest absolute Gasteiger partial charge is 0.472 e. The van der Waals surface area contributed by atoms with Gasteiger partial charge in [0, 0.05) is 10.9 Å². The fourth-order valence-electron chi connectivity index (χ4n) is 1.95. The van der Waals surface area contributed by atoms with Gasteiger partial charge < -0.3 is 13.9 Å². The summed E-state index contributed by atoms with van der Waals surface area (Å²) in [5.74, 6) is -0.161. The van der Waals surface area contributed by atoms with E-state index >= 15 is 0 Å². The molecule has 0 aliphatic heterocycles. The summed E-state index contributed by atoms with van der Waals surface area (Å²) in [6.07, 6.45) is 2.90. The summed E-state index contributed by atoms with van der Waals surface area (Å²) in [6.45, 7) is 1.58. The van der Waals surface area contributed by atoms with Crippen LogP contribution in [0.1, 0.15) is 18.2 Å². The van der Waals surface area contributed by atoms with Crippen LogP contribution in [-0.2, 0) is 5.60 Å². The van der Waals surface area contributed by atoms with Crippen LogP contribution in [0.3, 0.4) is 0 Å². The Morgan fingerprint density at radius 1 is 1.28 bits per heavy atom. The van der Waals surface area contributed by atoms with Gasteiger partial charge in [-0.1, -0.05) is 12.1 Å². The van der Waals surface area contributed by atoms with Crippen molar-refractivity contribution in [2.24, 2.45) is 0 Å². The van der Waals surface area contributed by atoms with E-state index in [1.807, 2.05) is 0 Å². The first kappa shape index (κ1) is 11.0. The molecule has 3 aromatic rings. The van der Waals surface area contributed by atoms with Gasteiger partial charge in [-0.05, 0) is 25.1 Å². The van der Waals surface area contributed by atoms with Gasteiger partial charge in [0.2, 0.25) is 0 Å². The lowest BCUT2D eigenvalue weighted by Crippen LogP contribution is -2.20. The molecule has 2 aromatic heterocycles. The molecule has 2 heterocycles. The molecular weight excluding hydrogens is 235 g/mol. The Morgan fingerprint density at radius 3 is 2.78 bits per heavy atom. The predicted octanol–water partition coefficient (Wildman–Crippen LogP) is 3.42. The van der Waals surface area contributed by atoms with Crippen molar-refractivity contribution in [3.05, 3.63) is 60.0 Å². The monoisotopic (exact) mass is 246 g/mol. The molecule has 3 rings (SSSR count). The third kappa shape index (κ3) is 1.54. The molecule has 0 aliphatic carbocycles. The van der Waals surface area contributed by atoms with Crippen LogP contribution in [0.4, 0.5) is 4.39 Å². The molecule has 0 saturated heterocycles. The molecule has 0 saturated carbocycles. The van der Waals surface area contributed by atoms with Crippen molar-refractivity contribution in [3.8, 4) is 0 Å². The summed E-state index contributed by atoms with van der Waals surface area (Å²) in [5.41, 5.74) is -0.642. The lowest BCUT2D eigenvalue weighted by molar-refractivity contribution is 0.0778. The second kappa shape index (κ2) is 3.71. The fraction of sp³-hybridized carbons (Fsp3) is 0.143. The van der Waals surface area contributed by atoms with Crippen molar-refractivity contribution in [2.75, 3.05) is 0 Å². The molecule has 0 aliphatic rings. The summed E-state index contributed by atoms with van der Waals surface area (Å²) in [6, 6.07) is 7.93. The lowest BCUT2D eigenvalue weighted by atomic mass is 9.96. The number of hydrogen-bond acceptors (Lipinski definition) is 3. The number of aliphatic hydroxyl groups is 1. The smallest absolute Gasteiger partial charge is 0.170 e. The first-order chi connectivity index (χ1) is 8.59. The number of benzene rings is 1. The van der Waals surface area contributed by atoms with E-state index in [4.69, 9.17) is 8.83 Å². The topological polar surface area (TPSA) is 46.5 Å². The first-order valence-electron chi connectivity index (χ1n) is 5.52. The third-order valence-corrected chi connectivity index (χ3v) is 3.06. The van der Waals surface area contributed by atoms with Crippen molar-refractivity contribution < 1.29 is 18.3 Å². The maximum atomic E-state index is 13.5. The van der Waals surface area contributed by atoms with E-state index in [0.29, 0.717) is 10.9 Å². The quantitative estimate of drug-likeness (QED) is 0.753. The number of halogens is 1.